The van der Waals surface area contributed by atoms with Gasteiger partial charge in [0.25, 0.3) is 5.56 Å². The normalized spacial score (nSPS) is 11.5. The Labute approximate surface area is 150 Å². The van der Waals surface area contributed by atoms with Crippen LogP contribution in [0, 0.1) is 0 Å². The van der Waals surface area contributed by atoms with Gasteiger partial charge in [-0.1, -0.05) is 11.6 Å². The summed E-state index contributed by atoms with van der Waals surface area (Å²) in [6.45, 7) is -0.338. The quantitative estimate of drug-likeness (QED) is 0.752. The topological polar surface area (TPSA) is 64.0 Å². The lowest BCUT2D eigenvalue weighted by molar-refractivity contribution is -0.137. The van der Waals surface area contributed by atoms with Gasteiger partial charge in [-0.15, -0.1) is 0 Å². The maximum atomic E-state index is 12.5. The Morgan fingerprint density at radius 3 is 2.50 bits per heavy atom. The summed E-state index contributed by atoms with van der Waals surface area (Å²) in [6.07, 6.45) is -3.22. The van der Waals surface area contributed by atoms with Crippen molar-refractivity contribution in [3.8, 4) is 0 Å². The summed E-state index contributed by atoms with van der Waals surface area (Å²) in [4.78, 5) is 28.5. The van der Waals surface area contributed by atoms with Crippen molar-refractivity contribution >= 4 is 34.1 Å². The fourth-order valence-corrected chi connectivity index (χ4v) is 2.51. The average Bonchev–Trinajstić information content (AvgIpc) is 2.57. The molecule has 5 nitrogen and oxygen atoms in total. The first kappa shape index (κ1) is 17.9. The molecule has 0 aliphatic carbocycles. The van der Waals surface area contributed by atoms with Crippen molar-refractivity contribution in [2.45, 2.75) is 12.7 Å². The smallest absolute Gasteiger partial charge is 0.325 e. The number of halogens is 4. The van der Waals surface area contributed by atoms with Crippen LogP contribution >= 0.6 is 11.6 Å². The first-order valence-electron chi connectivity index (χ1n) is 7.36. The van der Waals surface area contributed by atoms with Crippen molar-refractivity contribution < 1.29 is 18.0 Å². The van der Waals surface area contributed by atoms with Crippen LogP contribution in [0.2, 0.25) is 5.02 Å². The number of hydrogen-bond acceptors (Lipinski definition) is 3. The number of fused-ring (bicyclic) bond motifs is 1. The van der Waals surface area contributed by atoms with E-state index in [-0.39, 0.29) is 17.6 Å². The molecule has 0 atom stereocenters. The van der Waals surface area contributed by atoms with Gasteiger partial charge in [0, 0.05) is 10.7 Å². The first-order chi connectivity index (χ1) is 12.2. The van der Waals surface area contributed by atoms with E-state index in [9.17, 15) is 22.8 Å². The van der Waals surface area contributed by atoms with Crippen molar-refractivity contribution in [3.05, 3.63) is 69.7 Å². The Bertz CT molecular complexity index is 1030. The number of alkyl halides is 3. The Morgan fingerprint density at radius 2 is 1.85 bits per heavy atom. The predicted octanol–water partition coefficient (Wildman–Crippen LogP) is 3.71. The van der Waals surface area contributed by atoms with Crippen molar-refractivity contribution in [3.63, 3.8) is 0 Å². The van der Waals surface area contributed by atoms with Crippen LogP contribution in [0.1, 0.15) is 5.56 Å². The van der Waals surface area contributed by atoms with Gasteiger partial charge in [0.1, 0.15) is 6.54 Å². The number of nitrogens with zero attached hydrogens (tertiary/aromatic N) is 2. The van der Waals surface area contributed by atoms with E-state index in [2.05, 4.69) is 10.3 Å². The van der Waals surface area contributed by atoms with Gasteiger partial charge in [0.15, 0.2) is 0 Å². The highest BCUT2D eigenvalue weighted by Gasteiger charge is 2.29. The summed E-state index contributed by atoms with van der Waals surface area (Å²) >= 11 is 5.87. The lowest BCUT2D eigenvalue weighted by atomic mass is 10.2. The molecule has 0 radical (unpaired) electrons. The average molecular weight is 382 g/mol. The Kier molecular flexibility index (Phi) is 4.69. The Balaban J connectivity index is 1.77. The molecule has 3 rings (SSSR count). The van der Waals surface area contributed by atoms with E-state index in [1.54, 1.807) is 12.1 Å². The third kappa shape index (κ3) is 3.85. The fraction of sp³-hybridized carbons (Fsp3) is 0.118. The molecule has 3 aromatic rings. The zero-order valence-corrected chi connectivity index (χ0v) is 13.8. The van der Waals surface area contributed by atoms with Gasteiger partial charge in [-0.05, 0) is 42.5 Å². The maximum absolute atomic E-state index is 12.5. The lowest BCUT2D eigenvalue weighted by Crippen LogP contribution is -2.27. The van der Waals surface area contributed by atoms with Crippen LogP contribution in [0.4, 0.5) is 18.9 Å². The molecule has 2 aromatic carbocycles. The van der Waals surface area contributed by atoms with E-state index in [0.717, 1.165) is 28.8 Å². The van der Waals surface area contributed by atoms with E-state index in [0.29, 0.717) is 10.5 Å². The summed E-state index contributed by atoms with van der Waals surface area (Å²) in [5, 5.41) is 3.07. The Morgan fingerprint density at radius 1 is 1.15 bits per heavy atom. The number of aromatic nitrogens is 2. The minimum absolute atomic E-state index is 0.188. The van der Waals surface area contributed by atoms with Gasteiger partial charge in [0.05, 0.1) is 22.8 Å². The van der Waals surface area contributed by atoms with Crippen molar-refractivity contribution in [1.29, 1.82) is 0 Å². The third-order valence-corrected chi connectivity index (χ3v) is 3.83. The fourth-order valence-electron chi connectivity index (χ4n) is 2.34. The molecule has 26 heavy (non-hydrogen) atoms. The number of rotatable bonds is 3. The summed E-state index contributed by atoms with van der Waals surface area (Å²) in [5.41, 5.74) is -0.631. The Hall–Kier alpha value is -2.87. The van der Waals surface area contributed by atoms with Crippen LogP contribution in [0.5, 0.6) is 0 Å². The zero-order chi connectivity index (χ0) is 18.9. The number of nitrogens with one attached hydrogen (secondary N) is 1. The van der Waals surface area contributed by atoms with Crippen LogP contribution in [-0.4, -0.2) is 15.5 Å². The molecule has 134 valence electrons. The number of benzene rings is 2. The van der Waals surface area contributed by atoms with Crippen LogP contribution in [0.3, 0.4) is 0 Å². The summed E-state index contributed by atoms with van der Waals surface area (Å²) in [5.74, 6) is -0.574. The minimum atomic E-state index is -4.45. The minimum Gasteiger partial charge on any atom is -0.325 e. The van der Waals surface area contributed by atoms with Crippen LogP contribution in [-0.2, 0) is 17.5 Å². The van der Waals surface area contributed by atoms with Crippen LogP contribution in [0.25, 0.3) is 10.9 Å². The molecule has 0 fully saturated rings. The predicted molar refractivity (Wildman–Crippen MR) is 91.1 cm³/mol. The van der Waals surface area contributed by atoms with E-state index in [1.807, 2.05) is 0 Å². The highest BCUT2D eigenvalue weighted by atomic mass is 35.5. The molecule has 9 heteroatoms. The van der Waals surface area contributed by atoms with Gasteiger partial charge in [-0.2, -0.15) is 13.2 Å². The molecular formula is C17H11ClF3N3O2. The molecule has 0 saturated carbocycles. The molecule has 0 aliphatic heterocycles. The molecular weight excluding hydrogens is 371 g/mol. The molecule has 1 amide bonds. The standard InChI is InChI=1S/C17H11ClF3N3O2/c18-11-3-6-14-13(7-11)16(26)24(9-22-14)8-15(25)23-12-4-1-10(2-5-12)17(19,20)21/h1-7,9H,8H2,(H,23,25). The van der Waals surface area contributed by atoms with Gasteiger partial charge in [-0.25, -0.2) is 4.98 Å². The number of carbonyl (C=O) groups excluding carboxylic acids is 1. The highest BCUT2D eigenvalue weighted by Crippen LogP contribution is 2.29. The van der Waals surface area contributed by atoms with E-state index >= 15 is 0 Å². The molecule has 1 N–H and O–H groups in total. The second-order valence-electron chi connectivity index (χ2n) is 5.46. The molecule has 1 aromatic heterocycles. The second-order valence-corrected chi connectivity index (χ2v) is 5.90. The first-order valence-corrected chi connectivity index (χ1v) is 7.73. The van der Waals surface area contributed by atoms with Gasteiger partial charge >= 0.3 is 6.18 Å². The van der Waals surface area contributed by atoms with E-state index in [4.69, 9.17) is 11.6 Å². The lowest BCUT2D eigenvalue weighted by Gasteiger charge is -2.10. The van der Waals surface area contributed by atoms with E-state index in [1.165, 1.54) is 12.4 Å². The van der Waals surface area contributed by atoms with Crippen LogP contribution in [0.15, 0.2) is 53.6 Å². The highest BCUT2D eigenvalue weighted by molar-refractivity contribution is 6.31. The molecule has 0 saturated heterocycles. The molecule has 0 unspecified atom stereocenters. The third-order valence-electron chi connectivity index (χ3n) is 3.60. The largest absolute Gasteiger partial charge is 0.416 e. The van der Waals surface area contributed by atoms with Crippen LogP contribution < -0.4 is 10.9 Å². The summed E-state index contributed by atoms with van der Waals surface area (Å²) < 4.78 is 38.7. The van der Waals surface area contributed by atoms with Crippen molar-refractivity contribution in [2.75, 3.05) is 5.32 Å². The SMILES string of the molecule is O=C(Cn1cnc2ccc(Cl)cc2c1=O)Nc1ccc(C(F)(F)F)cc1. The van der Waals surface area contributed by atoms with Crippen molar-refractivity contribution in [1.82, 2.24) is 9.55 Å². The monoisotopic (exact) mass is 381 g/mol. The zero-order valence-electron chi connectivity index (χ0n) is 13.0. The molecule has 0 bridgehead atoms. The molecule has 0 spiro atoms. The number of hydrogen-bond donors (Lipinski definition) is 1. The molecule has 1 heterocycles. The number of amides is 1. The van der Waals surface area contributed by atoms with Gasteiger partial charge < -0.3 is 5.32 Å². The van der Waals surface area contributed by atoms with E-state index < -0.39 is 23.2 Å². The summed E-state index contributed by atoms with van der Waals surface area (Å²) in [7, 11) is 0. The van der Waals surface area contributed by atoms with Gasteiger partial charge in [-0.3, -0.25) is 14.2 Å². The van der Waals surface area contributed by atoms with Crippen molar-refractivity contribution in [2.24, 2.45) is 0 Å². The molecule has 0 aliphatic rings. The maximum Gasteiger partial charge on any atom is 0.416 e. The van der Waals surface area contributed by atoms with Gasteiger partial charge in [0.2, 0.25) is 5.91 Å². The summed E-state index contributed by atoms with van der Waals surface area (Å²) in [6, 6.07) is 8.65. The second kappa shape index (κ2) is 6.80. The number of anilines is 1. The number of carbonyl (C=O) groups is 1.